The molecule has 2 heterocycles. The average Bonchev–Trinajstić information content (AvgIpc) is 3.44. The molecule has 0 radical (unpaired) electrons. The SMILES string of the molecule is COc1ccc(Cl)c(/C(O)=C2/C(=O)C(=O)N(C3CCCC3)C2c2ccco2)c1. The van der Waals surface area contributed by atoms with E-state index in [2.05, 4.69) is 0 Å². The highest BCUT2D eigenvalue weighted by molar-refractivity contribution is 6.47. The van der Waals surface area contributed by atoms with Crippen LogP contribution in [0, 0.1) is 0 Å². The van der Waals surface area contributed by atoms with Crippen LogP contribution in [0.2, 0.25) is 5.02 Å². The van der Waals surface area contributed by atoms with Crippen molar-refractivity contribution in [1.82, 2.24) is 4.90 Å². The highest BCUT2D eigenvalue weighted by Gasteiger charge is 2.50. The number of benzene rings is 1. The second-order valence-corrected chi connectivity index (χ2v) is 7.41. The first-order valence-electron chi connectivity index (χ1n) is 9.20. The van der Waals surface area contributed by atoms with E-state index in [9.17, 15) is 14.7 Å². The summed E-state index contributed by atoms with van der Waals surface area (Å²) < 4.78 is 10.7. The van der Waals surface area contributed by atoms with Gasteiger partial charge >= 0.3 is 0 Å². The lowest BCUT2D eigenvalue weighted by Crippen LogP contribution is -2.37. The number of nitrogens with zero attached hydrogens (tertiary/aromatic N) is 1. The van der Waals surface area contributed by atoms with E-state index in [0.29, 0.717) is 11.5 Å². The number of furan rings is 1. The van der Waals surface area contributed by atoms with Gasteiger partial charge in [-0.1, -0.05) is 24.4 Å². The number of carbonyl (C=O) groups is 2. The largest absolute Gasteiger partial charge is 0.507 e. The normalized spacial score (nSPS) is 22.2. The van der Waals surface area contributed by atoms with Crippen LogP contribution in [0.3, 0.4) is 0 Å². The van der Waals surface area contributed by atoms with Gasteiger partial charge in [-0.2, -0.15) is 0 Å². The fourth-order valence-electron chi connectivity index (χ4n) is 4.09. The van der Waals surface area contributed by atoms with Crippen molar-refractivity contribution in [3.63, 3.8) is 0 Å². The lowest BCUT2D eigenvalue weighted by Gasteiger charge is -2.29. The van der Waals surface area contributed by atoms with Gasteiger partial charge in [0.2, 0.25) is 0 Å². The Kier molecular flexibility index (Phi) is 4.89. The molecular formula is C21H20ClNO5. The molecule has 1 aromatic heterocycles. The first-order chi connectivity index (χ1) is 13.5. The molecule has 2 aliphatic rings. The first kappa shape index (κ1) is 18.6. The summed E-state index contributed by atoms with van der Waals surface area (Å²) >= 11 is 6.26. The standard InChI is InChI=1S/C21H20ClNO5/c1-27-13-8-9-15(22)14(11-13)19(24)17-18(16-7-4-10-28-16)23(21(26)20(17)25)12-5-2-3-6-12/h4,7-12,18,24H,2-3,5-6H2,1H3/b19-17-. The predicted octanol–water partition coefficient (Wildman–Crippen LogP) is 4.31. The van der Waals surface area contributed by atoms with E-state index in [-0.39, 0.29) is 28.0 Å². The molecule has 1 aliphatic carbocycles. The van der Waals surface area contributed by atoms with Crippen LogP contribution < -0.4 is 4.74 Å². The molecule has 2 aromatic rings. The number of hydrogen-bond donors (Lipinski definition) is 1. The molecule has 1 atom stereocenters. The Bertz CT molecular complexity index is 944. The molecule has 6 nitrogen and oxygen atoms in total. The van der Waals surface area contributed by atoms with Gasteiger partial charge in [-0.05, 0) is 43.2 Å². The van der Waals surface area contributed by atoms with E-state index in [1.807, 2.05) is 0 Å². The molecule has 1 amide bonds. The Morgan fingerprint density at radius 1 is 1.25 bits per heavy atom. The Morgan fingerprint density at radius 3 is 2.64 bits per heavy atom. The van der Waals surface area contributed by atoms with Crippen LogP contribution in [0.15, 0.2) is 46.6 Å². The third-order valence-electron chi connectivity index (χ3n) is 5.44. The molecule has 146 valence electrons. The predicted molar refractivity (Wildman–Crippen MR) is 103 cm³/mol. The van der Waals surface area contributed by atoms with Crippen LogP contribution >= 0.6 is 11.6 Å². The number of halogens is 1. The van der Waals surface area contributed by atoms with Gasteiger partial charge < -0.3 is 19.2 Å². The Balaban J connectivity index is 1.89. The first-order valence-corrected chi connectivity index (χ1v) is 9.58. The summed E-state index contributed by atoms with van der Waals surface area (Å²) in [6.45, 7) is 0. The Morgan fingerprint density at radius 2 is 2.00 bits per heavy atom. The van der Waals surface area contributed by atoms with Crippen molar-refractivity contribution in [2.24, 2.45) is 0 Å². The minimum absolute atomic E-state index is 0.0120. The third kappa shape index (κ3) is 2.98. The van der Waals surface area contributed by atoms with Gasteiger partial charge in [0.25, 0.3) is 11.7 Å². The number of rotatable bonds is 4. The van der Waals surface area contributed by atoms with Crippen molar-refractivity contribution >= 4 is 29.1 Å². The second kappa shape index (κ2) is 7.36. The molecule has 2 fully saturated rings. The van der Waals surface area contributed by atoms with E-state index in [1.54, 1.807) is 35.2 Å². The van der Waals surface area contributed by atoms with Crippen LogP contribution in [0.5, 0.6) is 5.75 Å². The van der Waals surface area contributed by atoms with Crippen LogP contribution in [0.25, 0.3) is 5.76 Å². The van der Waals surface area contributed by atoms with Gasteiger partial charge in [-0.3, -0.25) is 9.59 Å². The molecule has 1 unspecified atom stereocenters. The maximum atomic E-state index is 12.9. The molecule has 28 heavy (non-hydrogen) atoms. The highest BCUT2D eigenvalue weighted by Crippen LogP contribution is 2.44. The smallest absolute Gasteiger partial charge is 0.296 e. The zero-order valence-corrected chi connectivity index (χ0v) is 16.1. The fourth-order valence-corrected chi connectivity index (χ4v) is 4.30. The number of Topliss-reactive ketones (excluding diaryl/α,β-unsaturated/α-hetero) is 1. The Hall–Kier alpha value is -2.73. The van der Waals surface area contributed by atoms with E-state index in [4.69, 9.17) is 20.8 Å². The third-order valence-corrected chi connectivity index (χ3v) is 5.77. The number of hydrogen-bond acceptors (Lipinski definition) is 5. The topological polar surface area (TPSA) is 80.0 Å². The summed E-state index contributed by atoms with van der Waals surface area (Å²) in [4.78, 5) is 27.4. The van der Waals surface area contributed by atoms with Crippen LogP contribution in [0.4, 0.5) is 0 Å². The minimum atomic E-state index is -0.777. The summed E-state index contributed by atoms with van der Waals surface area (Å²) in [6.07, 6.45) is 5.14. The lowest BCUT2D eigenvalue weighted by atomic mass is 9.98. The molecule has 1 aliphatic heterocycles. The van der Waals surface area contributed by atoms with Gasteiger partial charge in [0, 0.05) is 11.6 Å². The van der Waals surface area contributed by atoms with E-state index >= 15 is 0 Å². The molecule has 1 saturated heterocycles. The van der Waals surface area contributed by atoms with Gasteiger partial charge in [-0.25, -0.2) is 0 Å². The average molecular weight is 402 g/mol. The summed E-state index contributed by atoms with van der Waals surface area (Å²) in [5.74, 6) is -0.764. The highest BCUT2D eigenvalue weighted by atomic mass is 35.5. The number of ether oxygens (including phenoxy) is 1. The summed E-state index contributed by atoms with van der Waals surface area (Å²) in [7, 11) is 1.49. The van der Waals surface area contributed by atoms with Crippen molar-refractivity contribution in [2.75, 3.05) is 7.11 Å². The Labute approximate surface area is 167 Å². The van der Waals surface area contributed by atoms with E-state index < -0.39 is 17.7 Å². The molecule has 4 rings (SSSR count). The van der Waals surface area contributed by atoms with Gasteiger partial charge in [0.05, 0.1) is 24.0 Å². The minimum Gasteiger partial charge on any atom is -0.507 e. The molecule has 1 N–H and O–H groups in total. The summed E-state index contributed by atoms with van der Waals surface area (Å²) in [5, 5.41) is 11.3. The van der Waals surface area contributed by atoms with Crippen molar-refractivity contribution in [2.45, 2.75) is 37.8 Å². The van der Waals surface area contributed by atoms with Crippen molar-refractivity contribution < 1.29 is 23.8 Å². The number of ketones is 1. The quantitative estimate of drug-likeness (QED) is 0.469. The van der Waals surface area contributed by atoms with E-state index in [0.717, 1.165) is 25.7 Å². The van der Waals surface area contributed by atoms with Gasteiger partial charge in [0.1, 0.15) is 23.3 Å². The van der Waals surface area contributed by atoms with Crippen molar-refractivity contribution in [1.29, 1.82) is 0 Å². The molecule has 7 heteroatoms. The number of amides is 1. The molecule has 1 saturated carbocycles. The molecule has 0 bridgehead atoms. The van der Waals surface area contributed by atoms with Gasteiger partial charge in [0.15, 0.2) is 0 Å². The fraction of sp³-hybridized carbons (Fsp3) is 0.333. The zero-order chi connectivity index (χ0) is 19.8. The number of aliphatic hydroxyl groups is 1. The number of methoxy groups -OCH3 is 1. The molecule has 1 aromatic carbocycles. The number of carbonyl (C=O) groups excluding carboxylic acids is 2. The van der Waals surface area contributed by atoms with Gasteiger partial charge in [-0.15, -0.1) is 0 Å². The molecule has 0 spiro atoms. The monoisotopic (exact) mass is 401 g/mol. The van der Waals surface area contributed by atoms with Crippen LogP contribution in [-0.4, -0.2) is 34.8 Å². The van der Waals surface area contributed by atoms with E-state index in [1.165, 1.54) is 13.4 Å². The number of likely N-dealkylation sites (tertiary alicyclic amines) is 1. The van der Waals surface area contributed by atoms with Crippen LogP contribution in [-0.2, 0) is 9.59 Å². The molecular weight excluding hydrogens is 382 g/mol. The van der Waals surface area contributed by atoms with Crippen LogP contribution in [0.1, 0.15) is 43.0 Å². The summed E-state index contributed by atoms with van der Waals surface area (Å²) in [5.41, 5.74) is 0.226. The maximum absolute atomic E-state index is 12.9. The lowest BCUT2D eigenvalue weighted by molar-refractivity contribution is -0.141. The summed E-state index contributed by atoms with van der Waals surface area (Å²) in [6, 6.07) is 7.34. The maximum Gasteiger partial charge on any atom is 0.296 e. The zero-order valence-electron chi connectivity index (χ0n) is 15.4. The number of aliphatic hydroxyl groups excluding tert-OH is 1. The second-order valence-electron chi connectivity index (χ2n) is 7.01. The van der Waals surface area contributed by atoms with Crippen molar-refractivity contribution in [3.05, 3.63) is 58.5 Å². The van der Waals surface area contributed by atoms with Crippen molar-refractivity contribution in [3.8, 4) is 5.75 Å².